The second kappa shape index (κ2) is 4.92. The molecule has 1 atom stereocenters. The summed E-state index contributed by atoms with van der Waals surface area (Å²) in [5.74, 6) is -0.376. The number of hydrogen-bond donors (Lipinski definition) is 2. The number of nitrogens with one attached hydrogen (secondary N) is 1. The molecule has 0 saturated carbocycles. The Morgan fingerprint density at radius 3 is 2.73 bits per heavy atom. The van der Waals surface area contributed by atoms with Gasteiger partial charge < -0.3 is 10.4 Å². The van der Waals surface area contributed by atoms with Crippen LogP contribution in [0.15, 0.2) is 18.2 Å². The molecule has 0 aliphatic rings. The van der Waals surface area contributed by atoms with Crippen LogP contribution in [0.5, 0.6) is 0 Å². The molecule has 1 unspecified atom stereocenters. The number of halogens is 2. The molecule has 0 amide bonds. The third-order valence-electron chi connectivity index (χ3n) is 2.14. The van der Waals surface area contributed by atoms with Crippen molar-refractivity contribution in [3.63, 3.8) is 0 Å². The Hall–Kier alpha value is -0.640. The van der Waals surface area contributed by atoms with E-state index in [2.05, 4.69) is 5.32 Å². The Kier molecular flexibility index (Phi) is 4.08. The summed E-state index contributed by atoms with van der Waals surface area (Å²) in [6.45, 7) is 2.08. The summed E-state index contributed by atoms with van der Waals surface area (Å²) in [7, 11) is 1.74. The van der Waals surface area contributed by atoms with Gasteiger partial charge in [0.2, 0.25) is 0 Å². The first-order valence-electron chi connectivity index (χ1n) is 4.75. The van der Waals surface area contributed by atoms with Crippen molar-refractivity contribution in [2.24, 2.45) is 0 Å². The highest BCUT2D eigenvalue weighted by atomic mass is 35.5. The van der Waals surface area contributed by atoms with Crippen LogP contribution in [0.1, 0.15) is 12.5 Å². The third kappa shape index (κ3) is 3.78. The zero-order chi connectivity index (χ0) is 11.5. The van der Waals surface area contributed by atoms with Crippen molar-refractivity contribution < 1.29 is 9.50 Å². The van der Waals surface area contributed by atoms with E-state index in [1.165, 1.54) is 6.07 Å². The minimum Gasteiger partial charge on any atom is -0.389 e. The lowest BCUT2D eigenvalue weighted by atomic mass is 9.96. The Morgan fingerprint density at radius 2 is 2.20 bits per heavy atom. The molecule has 0 saturated heterocycles. The molecular weight excluding hydrogens is 217 g/mol. The molecular formula is C11H15ClFNO. The molecule has 0 radical (unpaired) electrons. The average Bonchev–Trinajstić information content (AvgIpc) is 2.09. The van der Waals surface area contributed by atoms with Crippen LogP contribution in [0.4, 0.5) is 4.39 Å². The van der Waals surface area contributed by atoms with Crippen molar-refractivity contribution in [3.05, 3.63) is 34.6 Å². The van der Waals surface area contributed by atoms with Crippen LogP contribution in [0.25, 0.3) is 0 Å². The number of likely N-dealkylation sites (N-methyl/N-ethyl adjacent to an activating group) is 1. The van der Waals surface area contributed by atoms with Gasteiger partial charge in [-0.05, 0) is 31.7 Å². The SMILES string of the molecule is CNCC(C)(O)Cc1ccc(Cl)cc1F. The molecule has 0 bridgehead atoms. The summed E-state index contributed by atoms with van der Waals surface area (Å²) >= 11 is 5.63. The maximum atomic E-state index is 13.4. The predicted molar refractivity (Wildman–Crippen MR) is 59.7 cm³/mol. The van der Waals surface area contributed by atoms with Crippen molar-refractivity contribution in [1.82, 2.24) is 5.32 Å². The van der Waals surface area contributed by atoms with Crippen molar-refractivity contribution in [3.8, 4) is 0 Å². The summed E-state index contributed by atoms with van der Waals surface area (Å²) < 4.78 is 13.4. The molecule has 2 N–H and O–H groups in total. The van der Waals surface area contributed by atoms with Gasteiger partial charge in [0.25, 0.3) is 0 Å². The Balaban J connectivity index is 2.80. The van der Waals surface area contributed by atoms with Crippen LogP contribution in [-0.4, -0.2) is 24.3 Å². The fourth-order valence-corrected chi connectivity index (χ4v) is 1.68. The standard InChI is InChI=1S/C11H15ClFNO/c1-11(15,7-14-2)6-8-3-4-9(12)5-10(8)13/h3-5,14-15H,6-7H2,1-2H3. The van der Waals surface area contributed by atoms with E-state index in [-0.39, 0.29) is 12.2 Å². The van der Waals surface area contributed by atoms with E-state index in [0.717, 1.165) is 0 Å². The molecule has 0 aliphatic carbocycles. The van der Waals surface area contributed by atoms with Gasteiger partial charge >= 0.3 is 0 Å². The maximum Gasteiger partial charge on any atom is 0.127 e. The third-order valence-corrected chi connectivity index (χ3v) is 2.38. The van der Waals surface area contributed by atoms with Gasteiger partial charge in [-0.3, -0.25) is 0 Å². The minimum atomic E-state index is -0.955. The lowest BCUT2D eigenvalue weighted by molar-refractivity contribution is 0.0614. The molecule has 1 aromatic carbocycles. The van der Waals surface area contributed by atoms with Gasteiger partial charge in [-0.1, -0.05) is 17.7 Å². The van der Waals surface area contributed by atoms with Crippen LogP contribution in [0, 0.1) is 5.82 Å². The van der Waals surface area contributed by atoms with Gasteiger partial charge in [0.05, 0.1) is 5.60 Å². The Labute approximate surface area is 94.1 Å². The second-order valence-corrected chi connectivity index (χ2v) is 4.38. The first kappa shape index (κ1) is 12.4. The van der Waals surface area contributed by atoms with Gasteiger partial charge in [0, 0.05) is 18.0 Å². The molecule has 84 valence electrons. The summed E-state index contributed by atoms with van der Waals surface area (Å²) in [5, 5.41) is 13.1. The zero-order valence-electron chi connectivity index (χ0n) is 8.85. The lowest BCUT2D eigenvalue weighted by Gasteiger charge is -2.23. The number of aliphatic hydroxyl groups is 1. The quantitative estimate of drug-likeness (QED) is 0.831. The fourth-order valence-electron chi connectivity index (χ4n) is 1.52. The first-order valence-corrected chi connectivity index (χ1v) is 5.13. The van der Waals surface area contributed by atoms with Crippen molar-refractivity contribution in [1.29, 1.82) is 0 Å². The molecule has 0 heterocycles. The van der Waals surface area contributed by atoms with E-state index in [9.17, 15) is 9.50 Å². The highest BCUT2D eigenvalue weighted by Crippen LogP contribution is 2.19. The van der Waals surface area contributed by atoms with Gasteiger partial charge in [0.15, 0.2) is 0 Å². The van der Waals surface area contributed by atoms with Gasteiger partial charge in [-0.15, -0.1) is 0 Å². The smallest absolute Gasteiger partial charge is 0.127 e. The van der Waals surface area contributed by atoms with Crippen LogP contribution in [-0.2, 0) is 6.42 Å². The average molecular weight is 232 g/mol. The molecule has 0 spiro atoms. The van der Waals surface area contributed by atoms with E-state index >= 15 is 0 Å². The van der Waals surface area contributed by atoms with Gasteiger partial charge in [0.1, 0.15) is 5.82 Å². The molecule has 1 rings (SSSR count). The molecule has 0 fully saturated rings. The summed E-state index contributed by atoms with van der Waals surface area (Å²) in [6, 6.07) is 4.48. The molecule has 0 aromatic heterocycles. The number of benzene rings is 1. The topological polar surface area (TPSA) is 32.3 Å². The normalized spacial score (nSPS) is 15.0. The summed E-state index contributed by atoms with van der Waals surface area (Å²) in [4.78, 5) is 0. The maximum absolute atomic E-state index is 13.4. The van der Waals surface area contributed by atoms with Crippen molar-refractivity contribution >= 4 is 11.6 Å². The molecule has 4 heteroatoms. The zero-order valence-corrected chi connectivity index (χ0v) is 9.61. The van der Waals surface area contributed by atoms with Gasteiger partial charge in [-0.2, -0.15) is 0 Å². The summed E-state index contributed by atoms with van der Waals surface area (Å²) in [5.41, 5.74) is -0.483. The van der Waals surface area contributed by atoms with E-state index in [4.69, 9.17) is 11.6 Å². The van der Waals surface area contributed by atoms with Crippen LogP contribution in [0.2, 0.25) is 5.02 Å². The summed E-state index contributed by atoms with van der Waals surface area (Å²) in [6.07, 6.45) is 0.261. The number of rotatable bonds is 4. The van der Waals surface area contributed by atoms with E-state index < -0.39 is 5.60 Å². The van der Waals surface area contributed by atoms with Crippen LogP contribution in [0.3, 0.4) is 0 Å². The van der Waals surface area contributed by atoms with Gasteiger partial charge in [-0.25, -0.2) is 4.39 Å². The van der Waals surface area contributed by atoms with Crippen LogP contribution < -0.4 is 5.32 Å². The first-order chi connectivity index (χ1) is 6.94. The Morgan fingerprint density at radius 1 is 1.53 bits per heavy atom. The van der Waals surface area contributed by atoms with E-state index in [0.29, 0.717) is 17.1 Å². The monoisotopic (exact) mass is 231 g/mol. The largest absolute Gasteiger partial charge is 0.389 e. The Bertz CT molecular complexity index is 341. The highest BCUT2D eigenvalue weighted by molar-refractivity contribution is 6.30. The van der Waals surface area contributed by atoms with Crippen molar-refractivity contribution in [2.45, 2.75) is 18.9 Å². The highest BCUT2D eigenvalue weighted by Gasteiger charge is 2.21. The fraction of sp³-hybridized carbons (Fsp3) is 0.455. The van der Waals surface area contributed by atoms with Crippen LogP contribution >= 0.6 is 11.6 Å². The van der Waals surface area contributed by atoms with Crippen molar-refractivity contribution in [2.75, 3.05) is 13.6 Å². The molecule has 0 aliphatic heterocycles. The molecule has 2 nitrogen and oxygen atoms in total. The van der Waals surface area contributed by atoms with E-state index in [1.54, 1.807) is 26.1 Å². The van der Waals surface area contributed by atoms with E-state index in [1.807, 2.05) is 0 Å². The number of hydrogen-bond acceptors (Lipinski definition) is 2. The molecule has 15 heavy (non-hydrogen) atoms. The predicted octanol–water partition coefficient (Wildman–Crippen LogP) is 1.99. The molecule has 1 aromatic rings. The lowest BCUT2D eigenvalue weighted by Crippen LogP contribution is -2.38. The second-order valence-electron chi connectivity index (χ2n) is 3.94. The minimum absolute atomic E-state index is 0.261.